The van der Waals surface area contributed by atoms with Crippen LogP contribution in [0.5, 0.6) is 0 Å². The van der Waals surface area contributed by atoms with Gasteiger partial charge in [0.05, 0.1) is 12.7 Å². The van der Waals surface area contributed by atoms with E-state index in [0.717, 1.165) is 25.7 Å². The number of ether oxygens (including phenoxy) is 1. The number of aliphatic hydroxyl groups excluding tert-OH is 1. The lowest BCUT2D eigenvalue weighted by molar-refractivity contribution is -0.128. The molecule has 0 atom stereocenters. The molecule has 5 heteroatoms. The van der Waals surface area contributed by atoms with Crippen molar-refractivity contribution >= 4 is 11.7 Å². The second kappa shape index (κ2) is 14.3. The van der Waals surface area contributed by atoms with Crippen LogP contribution >= 0.6 is 0 Å². The van der Waals surface area contributed by atoms with Gasteiger partial charge in [0.25, 0.3) is 0 Å². The molecule has 2 rings (SSSR count). The van der Waals surface area contributed by atoms with Crippen LogP contribution < -0.4 is 5.73 Å². The molecular formula is C20H41NO4. The molecule has 25 heavy (non-hydrogen) atoms. The lowest BCUT2D eigenvalue weighted by Gasteiger charge is -2.25. The van der Waals surface area contributed by atoms with Gasteiger partial charge < -0.3 is 15.6 Å². The fourth-order valence-electron chi connectivity index (χ4n) is 2.72. The maximum Gasteiger partial charge on any atom is 0.219 e. The van der Waals surface area contributed by atoms with Crippen LogP contribution in [0.2, 0.25) is 0 Å². The molecule has 150 valence electrons. The van der Waals surface area contributed by atoms with Crippen LogP contribution in [0.4, 0.5) is 0 Å². The Balaban J connectivity index is 0. The van der Waals surface area contributed by atoms with Crippen LogP contribution in [-0.2, 0) is 14.3 Å². The van der Waals surface area contributed by atoms with Crippen LogP contribution in [0.15, 0.2) is 0 Å². The van der Waals surface area contributed by atoms with Crippen LogP contribution in [0.3, 0.4) is 0 Å². The third-order valence-corrected chi connectivity index (χ3v) is 4.33. The summed E-state index contributed by atoms with van der Waals surface area (Å²) in [5.74, 6) is 0.896. The minimum Gasteiger partial charge on any atom is -0.394 e. The third kappa shape index (κ3) is 14.0. The Morgan fingerprint density at radius 1 is 1.04 bits per heavy atom. The number of primary amides is 1. The Kier molecular flexibility index (Phi) is 13.7. The maximum atomic E-state index is 11.1. The number of nitrogens with two attached hydrogens (primary N) is 1. The number of amides is 1. The average molecular weight is 360 g/mol. The zero-order chi connectivity index (χ0) is 19.2. The first-order chi connectivity index (χ1) is 11.7. The summed E-state index contributed by atoms with van der Waals surface area (Å²) in [4.78, 5) is 21.5. The van der Waals surface area contributed by atoms with E-state index in [4.69, 9.17) is 15.6 Å². The number of aliphatic hydroxyl groups is 1. The number of Topliss-reactive ketones (excluding diaryl/α,β-unsaturated/α-hetero) is 1. The summed E-state index contributed by atoms with van der Waals surface area (Å²) in [6, 6.07) is 0. The minimum atomic E-state index is -0.272. The smallest absolute Gasteiger partial charge is 0.219 e. The molecule has 2 saturated carbocycles. The van der Waals surface area contributed by atoms with Crippen LogP contribution in [-0.4, -0.2) is 35.6 Å². The van der Waals surface area contributed by atoms with Gasteiger partial charge in [-0.05, 0) is 39.5 Å². The normalized spacial score (nSPS) is 17.9. The van der Waals surface area contributed by atoms with Crippen LogP contribution in [0.25, 0.3) is 0 Å². The number of carbonyl (C=O) groups excluding carboxylic acids is 2. The number of rotatable bonds is 6. The molecule has 0 saturated heterocycles. The minimum absolute atomic E-state index is 0. The number of hydrogen-bond donors (Lipinski definition) is 2. The van der Waals surface area contributed by atoms with Crippen molar-refractivity contribution in [3.8, 4) is 0 Å². The Hall–Kier alpha value is -0.940. The predicted octanol–water partition coefficient (Wildman–Crippen LogP) is 3.86. The van der Waals surface area contributed by atoms with E-state index in [2.05, 4.69) is 0 Å². The fourth-order valence-corrected chi connectivity index (χ4v) is 2.72. The Labute approximate surface area is 155 Å². The van der Waals surface area contributed by atoms with E-state index in [0.29, 0.717) is 30.8 Å². The van der Waals surface area contributed by atoms with Gasteiger partial charge in [-0.3, -0.25) is 9.59 Å². The molecule has 0 unspecified atom stereocenters. The van der Waals surface area contributed by atoms with Gasteiger partial charge in [-0.2, -0.15) is 0 Å². The Bertz CT molecular complexity index is 362. The van der Waals surface area contributed by atoms with Gasteiger partial charge in [0.2, 0.25) is 5.91 Å². The highest BCUT2D eigenvalue weighted by atomic mass is 16.5. The van der Waals surface area contributed by atoms with Crippen molar-refractivity contribution in [2.24, 2.45) is 17.6 Å². The lowest BCUT2D eigenvalue weighted by Crippen LogP contribution is -2.25. The standard InChI is InChI=1S/C9H17NO2.C8H14O.C3H8O.H2/c10-9(11)6-7-12-8-4-2-1-3-5-8;1-6(2)8(9)7-4-3-5-7;1-3(2)4;/h8H,1-7H2,(H2,10,11);6-7H,3-5H2,1-2H3;3-4H,1-2H3;1H. The van der Waals surface area contributed by atoms with E-state index >= 15 is 0 Å². The van der Waals surface area contributed by atoms with Gasteiger partial charge in [-0.1, -0.05) is 39.5 Å². The van der Waals surface area contributed by atoms with Crippen molar-refractivity contribution in [3.63, 3.8) is 0 Å². The first-order valence-electron chi connectivity index (χ1n) is 9.85. The van der Waals surface area contributed by atoms with Gasteiger partial charge in [0.15, 0.2) is 0 Å². The maximum absolute atomic E-state index is 11.1. The second-order valence-corrected chi connectivity index (χ2v) is 7.63. The molecule has 0 aromatic rings. The largest absolute Gasteiger partial charge is 0.394 e. The second-order valence-electron chi connectivity index (χ2n) is 7.63. The van der Waals surface area contributed by atoms with Crippen LogP contribution in [0.1, 0.15) is 86.9 Å². The molecule has 0 spiro atoms. The van der Waals surface area contributed by atoms with Crippen LogP contribution in [0, 0.1) is 11.8 Å². The summed E-state index contributed by atoms with van der Waals surface area (Å²) in [5, 5.41) is 8.06. The molecule has 2 aliphatic rings. The lowest BCUT2D eigenvalue weighted by atomic mass is 9.79. The predicted molar refractivity (Wildman–Crippen MR) is 103 cm³/mol. The molecule has 5 nitrogen and oxygen atoms in total. The number of carbonyl (C=O) groups is 2. The van der Waals surface area contributed by atoms with Gasteiger partial charge in [0, 0.05) is 25.8 Å². The summed E-state index contributed by atoms with van der Waals surface area (Å²) in [7, 11) is 0. The van der Waals surface area contributed by atoms with Gasteiger partial charge in [0.1, 0.15) is 5.78 Å². The van der Waals surface area contributed by atoms with E-state index in [9.17, 15) is 9.59 Å². The molecule has 0 bridgehead atoms. The molecule has 2 fully saturated rings. The van der Waals surface area contributed by atoms with E-state index < -0.39 is 0 Å². The van der Waals surface area contributed by atoms with E-state index in [1.807, 2.05) is 13.8 Å². The molecule has 0 aromatic carbocycles. The summed E-state index contributed by atoms with van der Waals surface area (Å²) < 4.78 is 5.49. The van der Waals surface area contributed by atoms with Crippen molar-refractivity contribution in [3.05, 3.63) is 0 Å². The number of ketones is 1. The molecule has 0 heterocycles. The van der Waals surface area contributed by atoms with Crippen molar-refractivity contribution in [2.45, 2.75) is 97.7 Å². The number of hydrogen-bond acceptors (Lipinski definition) is 4. The SMILES string of the molecule is CC(C)C(=O)C1CCC1.CC(C)O.NC(=O)CCOC1CCCCC1.[HH]. The highest BCUT2D eigenvalue weighted by molar-refractivity contribution is 5.83. The average Bonchev–Trinajstić information content (AvgIpc) is 2.46. The topological polar surface area (TPSA) is 89.6 Å². The monoisotopic (exact) mass is 359 g/mol. The van der Waals surface area contributed by atoms with Crippen molar-refractivity contribution in [1.29, 1.82) is 0 Å². The molecule has 0 radical (unpaired) electrons. The zero-order valence-electron chi connectivity index (χ0n) is 16.6. The zero-order valence-corrected chi connectivity index (χ0v) is 16.6. The molecule has 0 aliphatic heterocycles. The first-order valence-corrected chi connectivity index (χ1v) is 9.85. The van der Waals surface area contributed by atoms with Gasteiger partial charge >= 0.3 is 0 Å². The van der Waals surface area contributed by atoms with E-state index in [1.54, 1.807) is 13.8 Å². The van der Waals surface area contributed by atoms with Gasteiger partial charge in [-0.15, -0.1) is 0 Å². The molecular weight excluding hydrogens is 318 g/mol. The highest BCUT2D eigenvalue weighted by Gasteiger charge is 2.26. The molecule has 0 aromatic heterocycles. The third-order valence-electron chi connectivity index (χ3n) is 4.33. The summed E-state index contributed by atoms with van der Waals surface area (Å²) in [6.45, 7) is 7.92. The Morgan fingerprint density at radius 3 is 1.88 bits per heavy atom. The highest BCUT2D eigenvalue weighted by Crippen LogP contribution is 2.29. The van der Waals surface area contributed by atoms with E-state index in [-0.39, 0.29) is 19.4 Å². The molecule has 2 aliphatic carbocycles. The summed E-state index contributed by atoms with van der Waals surface area (Å²) in [6.07, 6.45) is 10.3. The molecule has 1 amide bonds. The molecule has 3 N–H and O–H groups in total. The Morgan fingerprint density at radius 2 is 1.56 bits per heavy atom. The van der Waals surface area contributed by atoms with Crippen molar-refractivity contribution in [2.75, 3.05) is 6.61 Å². The quantitative estimate of drug-likeness (QED) is 0.753. The first kappa shape index (κ1) is 24.1. The summed E-state index contributed by atoms with van der Waals surface area (Å²) in [5.41, 5.74) is 4.99. The van der Waals surface area contributed by atoms with Crippen molar-refractivity contribution in [1.82, 2.24) is 0 Å². The van der Waals surface area contributed by atoms with Gasteiger partial charge in [-0.25, -0.2) is 0 Å². The van der Waals surface area contributed by atoms with Crippen molar-refractivity contribution < 1.29 is 20.9 Å². The summed E-state index contributed by atoms with van der Waals surface area (Å²) >= 11 is 0. The van der Waals surface area contributed by atoms with E-state index in [1.165, 1.54) is 25.7 Å². The fraction of sp³-hybridized carbons (Fsp3) is 0.900.